The quantitative estimate of drug-likeness (QED) is 0.685. The molecule has 1 fully saturated rings. The molecule has 1 saturated carbocycles. The molecular weight excluding hydrogens is 174 g/mol. The highest BCUT2D eigenvalue weighted by atomic mass is 16.3. The van der Waals surface area contributed by atoms with Crippen LogP contribution in [0.3, 0.4) is 0 Å². The highest BCUT2D eigenvalue weighted by Crippen LogP contribution is 2.27. The van der Waals surface area contributed by atoms with Gasteiger partial charge in [-0.25, -0.2) is 0 Å². The van der Waals surface area contributed by atoms with Gasteiger partial charge in [-0.05, 0) is 24.7 Å². The molecule has 0 aromatic carbocycles. The summed E-state index contributed by atoms with van der Waals surface area (Å²) >= 11 is 0. The van der Waals surface area contributed by atoms with Crippen molar-refractivity contribution in [1.82, 2.24) is 0 Å². The smallest absolute Gasteiger partial charge is 0.0721 e. The Morgan fingerprint density at radius 1 is 1.07 bits per heavy atom. The molecule has 0 aromatic heterocycles. The lowest BCUT2D eigenvalue weighted by Gasteiger charge is -2.29. The predicted octanol–water partition coefficient (Wildman–Crippen LogP) is 2.30. The summed E-state index contributed by atoms with van der Waals surface area (Å²) < 4.78 is 0. The Morgan fingerprint density at radius 3 is 2.00 bits per heavy atom. The highest BCUT2D eigenvalue weighted by molar-refractivity contribution is 4.82. The molecule has 0 amide bonds. The average Bonchev–Trinajstić information content (AvgIpc) is 2.43. The number of hydrogen-bond donors (Lipinski definition) is 2. The normalized spacial score (nSPS) is 24.6. The van der Waals surface area contributed by atoms with Gasteiger partial charge in [-0.15, -0.1) is 0 Å². The summed E-state index contributed by atoms with van der Waals surface area (Å²) in [5.74, 6) is 0.836. The van der Waals surface area contributed by atoms with Gasteiger partial charge in [-0.1, -0.05) is 39.5 Å². The van der Waals surface area contributed by atoms with Gasteiger partial charge < -0.3 is 10.8 Å². The zero-order valence-electron chi connectivity index (χ0n) is 9.58. The molecule has 0 spiro atoms. The zero-order valence-corrected chi connectivity index (χ0v) is 9.58. The van der Waals surface area contributed by atoms with E-state index < -0.39 is 0 Å². The first-order chi connectivity index (χ1) is 6.63. The maximum atomic E-state index is 10.1. The minimum absolute atomic E-state index is 0.0434. The first-order valence-electron chi connectivity index (χ1n) is 6.06. The molecule has 2 atom stereocenters. The monoisotopic (exact) mass is 199 g/mol. The van der Waals surface area contributed by atoms with Gasteiger partial charge in [0, 0.05) is 6.04 Å². The molecule has 1 aliphatic carbocycles. The lowest BCUT2D eigenvalue weighted by Crippen LogP contribution is -2.43. The van der Waals surface area contributed by atoms with Crippen molar-refractivity contribution in [1.29, 1.82) is 0 Å². The van der Waals surface area contributed by atoms with Gasteiger partial charge in [0.25, 0.3) is 0 Å². The number of hydrogen-bond acceptors (Lipinski definition) is 2. The molecule has 2 unspecified atom stereocenters. The van der Waals surface area contributed by atoms with Gasteiger partial charge in [0.15, 0.2) is 0 Å². The number of rotatable bonds is 3. The lowest BCUT2D eigenvalue weighted by atomic mass is 9.85. The summed E-state index contributed by atoms with van der Waals surface area (Å²) in [6, 6.07) is -0.0434. The first kappa shape index (κ1) is 12.0. The van der Waals surface area contributed by atoms with Crippen LogP contribution in [0.2, 0.25) is 0 Å². The molecule has 14 heavy (non-hydrogen) atoms. The molecule has 2 heteroatoms. The van der Waals surface area contributed by atoms with Crippen molar-refractivity contribution in [3.63, 3.8) is 0 Å². The highest BCUT2D eigenvalue weighted by Gasteiger charge is 2.27. The van der Waals surface area contributed by atoms with E-state index in [-0.39, 0.29) is 12.1 Å². The third-order valence-corrected chi connectivity index (χ3v) is 3.55. The van der Waals surface area contributed by atoms with Crippen LogP contribution in [0.25, 0.3) is 0 Å². The van der Waals surface area contributed by atoms with E-state index in [1.807, 2.05) is 0 Å². The fourth-order valence-corrected chi connectivity index (χ4v) is 2.36. The third kappa shape index (κ3) is 3.25. The van der Waals surface area contributed by atoms with E-state index in [4.69, 9.17) is 5.73 Å². The average molecular weight is 199 g/mol. The van der Waals surface area contributed by atoms with Gasteiger partial charge in [-0.3, -0.25) is 0 Å². The van der Waals surface area contributed by atoms with Gasteiger partial charge in [0.2, 0.25) is 0 Å². The van der Waals surface area contributed by atoms with Gasteiger partial charge in [-0.2, -0.15) is 0 Å². The van der Waals surface area contributed by atoms with Gasteiger partial charge in [0.1, 0.15) is 0 Å². The summed E-state index contributed by atoms with van der Waals surface area (Å²) in [6.45, 7) is 4.18. The van der Waals surface area contributed by atoms with Crippen LogP contribution in [-0.4, -0.2) is 17.3 Å². The summed E-state index contributed by atoms with van der Waals surface area (Å²) in [5.41, 5.74) is 5.99. The van der Waals surface area contributed by atoms with Crippen LogP contribution in [0.5, 0.6) is 0 Å². The largest absolute Gasteiger partial charge is 0.391 e. The molecule has 1 rings (SSSR count). The minimum atomic E-state index is -0.284. The van der Waals surface area contributed by atoms with Crippen LogP contribution < -0.4 is 5.73 Å². The molecule has 2 nitrogen and oxygen atoms in total. The topological polar surface area (TPSA) is 46.2 Å². The van der Waals surface area contributed by atoms with E-state index in [0.717, 1.165) is 0 Å². The van der Waals surface area contributed by atoms with Crippen molar-refractivity contribution in [3.8, 4) is 0 Å². The van der Waals surface area contributed by atoms with Crippen LogP contribution in [0.15, 0.2) is 0 Å². The van der Waals surface area contributed by atoms with Crippen molar-refractivity contribution in [2.24, 2.45) is 17.6 Å². The Balaban J connectivity index is 2.44. The van der Waals surface area contributed by atoms with E-state index in [1.54, 1.807) is 0 Å². The molecule has 0 bridgehead atoms. The summed E-state index contributed by atoms with van der Waals surface area (Å²) in [4.78, 5) is 0. The predicted molar refractivity (Wildman–Crippen MR) is 60.0 cm³/mol. The van der Waals surface area contributed by atoms with Crippen LogP contribution in [0.1, 0.15) is 52.4 Å². The Morgan fingerprint density at radius 2 is 1.57 bits per heavy atom. The lowest BCUT2D eigenvalue weighted by molar-refractivity contribution is 0.0591. The zero-order chi connectivity index (χ0) is 10.6. The van der Waals surface area contributed by atoms with Crippen LogP contribution in [0, 0.1) is 11.8 Å². The van der Waals surface area contributed by atoms with Crippen molar-refractivity contribution in [3.05, 3.63) is 0 Å². The summed E-state index contributed by atoms with van der Waals surface area (Å²) in [5, 5.41) is 10.1. The van der Waals surface area contributed by atoms with Crippen molar-refractivity contribution >= 4 is 0 Å². The fraction of sp³-hybridized carbons (Fsp3) is 1.00. The van der Waals surface area contributed by atoms with Crippen LogP contribution in [0.4, 0.5) is 0 Å². The Kier molecular flexibility index (Phi) is 4.90. The first-order valence-corrected chi connectivity index (χ1v) is 6.06. The third-order valence-electron chi connectivity index (χ3n) is 3.55. The summed E-state index contributed by atoms with van der Waals surface area (Å²) in [7, 11) is 0. The van der Waals surface area contributed by atoms with E-state index in [1.165, 1.54) is 38.5 Å². The second-order valence-electron chi connectivity index (χ2n) is 5.06. The molecule has 0 aromatic rings. The molecule has 3 N–H and O–H groups in total. The molecule has 0 aliphatic heterocycles. The maximum absolute atomic E-state index is 10.1. The molecule has 1 aliphatic rings. The van der Waals surface area contributed by atoms with E-state index >= 15 is 0 Å². The van der Waals surface area contributed by atoms with E-state index in [9.17, 15) is 5.11 Å². The summed E-state index contributed by atoms with van der Waals surface area (Å²) in [6.07, 6.45) is 7.26. The standard InChI is InChI=1S/C12H25NO/c1-9(2)11(13)12(14)10-7-5-3-4-6-8-10/h9-12,14H,3-8,13H2,1-2H3. The fourth-order valence-electron chi connectivity index (χ4n) is 2.36. The second kappa shape index (κ2) is 5.72. The minimum Gasteiger partial charge on any atom is -0.391 e. The molecule has 0 saturated heterocycles. The van der Waals surface area contributed by atoms with Crippen molar-refractivity contribution in [2.45, 2.75) is 64.5 Å². The SMILES string of the molecule is CC(C)C(N)C(O)C1CCCCCC1. The van der Waals surface area contributed by atoms with Crippen LogP contribution in [-0.2, 0) is 0 Å². The molecular formula is C12H25NO. The van der Waals surface area contributed by atoms with Gasteiger partial charge >= 0.3 is 0 Å². The Bertz CT molecular complexity index is 150. The van der Waals surface area contributed by atoms with Crippen molar-refractivity contribution in [2.75, 3.05) is 0 Å². The number of aliphatic hydroxyl groups is 1. The maximum Gasteiger partial charge on any atom is 0.0721 e. The van der Waals surface area contributed by atoms with Crippen LogP contribution >= 0.6 is 0 Å². The Labute approximate surface area is 87.9 Å². The number of nitrogens with two attached hydrogens (primary N) is 1. The second-order valence-corrected chi connectivity index (χ2v) is 5.06. The molecule has 0 heterocycles. The van der Waals surface area contributed by atoms with E-state index in [2.05, 4.69) is 13.8 Å². The van der Waals surface area contributed by atoms with Gasteiger partial charge in [0.05, 0.1) is 6.10 Å². The van der Waals surface area contributed by atoms with Crippen molar-refractivity contribution < 1.29 is 5.11 Å². The Hall–Kier alpha value is -0.0800. The molecule has 84 valence electrons. The molecule has 0 radical (unpaired) electrons. The van der Waals surface area contributed by atoms with E-state index in [0.29, 0.717) is 11.8 Å². The number of aliphatic hydroxyl groups excluding tert-OH is 1.